The lowest BCUT2D eigenvalue weighted by Gasteiger charge is -2.36. The Morgan fingerprint density at radius 2 is 2.15 bits per heavy atom. The Hall–Kier alpha value is -0.610. The molecule has 1 aliphatic rings. The smallest absolute Gasteiger partial charge is 0.305 e. The molecule has 0 saturated carbocycles. The first kappa shape index (κ1) is 10.5. The molecule has 0 aromatic heterocycles. The van der Waals surface area contributed by atoms with Crippen molar-refractivity contribution in [3.8, 4) is 0 Å². The zero-order chi connectivity index (χ0) is 9.73. The summed E-state index contributed by atoms with van der Waals surface area (Å²) in [7, 11) is 0. The van der Waals surface area contributed by atoms with Crippen LogP contribution in [0.25, 0.3) is 0 Å². The summed E-state index contributed by atoms with van der Waals surface area (Å²) in [6.07, 6.45) is 1.80. The van der Waals surface area contributed by atoms with Crippen LogP contribution in [0.15, 0.2) is 0 Å². The Balaban J connectivity index is 2.55. The molecule has 4 heteroatoms. The molecule has 13 heavy (non-hydrogen) atoms. The van der Waals surface area contributed by atoms with Gasteiger partial charge in [-0.2, -0.15) is 0 Å². The highest BCUT2D eigenvalue weighted by Crippen LogP contribution is 2.24. The average Bonchev–Trinajstić information content (AvgIpc) is 2.04. The highest BCUT2D eigenvalue weighted by atomic mass is 16.5. The van der Waals surface area contributed by atoms with Gasteiger partial charge in [0.15, 0.2) is 0 Å². The minimum Gasteiger partial charge on any atom is -0.481 e. The average molecular weight is 187 g/mol. The van der Waals surface area contributed by atoms with Crippen LogP contribution in [-0.2, 0) is 9.53 Å². The van der Waals surface area contributed by atoms with Gasteiger partial charge in [0.25, 0.3) is 0 Å². The summed E-state index contributed by atoms with van der Waals surface area (Å²) < 4.78 is 5.22. The maximum absolute atomic E-state index is 10.7. The molecular weight excluding hydrogens is 170 g/mol. The lowest BCUT2D eigenvalue weighted by molar-refractivity contribution is -0.139. The fourth-order valence-electron chi connectivity index (χ4n) is 1.84. The van der Waals surface area contributed by atoms with Gasteiger partial charge in [0.05, 0.1) is 6.42 Å². The van der Waals surface area contributed by atoms with Gasteiger partial charge in [-0.3, -0.25) is 4.79 Å². The summed E-state index contributed by atoms with van der Waals surface area (Å²) in [6, 6.07) is 0. The number of hydrogen-bond acceptors (Lipinski definition) is 3. The van der Waals surface area contributed by atoms with Gasteiger partial charge in [-0.1, -0.05) is 6.92 Å². The highest BCUT2D eigenvalue weighted by molar-refractivity contribution is 5.68. The SMILES string of the molecule is CCNC1(CC(=O)O)CCOCC1. The van der Waals surface area contributed by atoms with E-state index in [0.717, 1.165) is 19.4 Å². The minimum absolute atomic E-state index is 0.199. The van der Waals surface area contributed by atoms with Gasteiger partial charge < -0.3 is 15.2 Å². The molecule has 1 heterocycles. The number of aliphatic carboxylic acids is 1. The largest absolute Gasteiger partial charge is 0.481 e. The molecule has 76 valence electrons. The van der Waals surface area contributed by atoms with Crippen LogP contribution in [-0.4, -0.2) is 36.4 Å². The first-order valence-corrected chi connectivity index (χ1v) is 4.73. The van der Waals surface area contributed by atoms with Crippen LogP contribution in [0.4, 0.5) is 0 Å². The van der Waals surface area contributed by atoms with Crippen molar-refractivity contribution in [3.05, 3.63) is 0 Å². The van der Waals surface area contributed by atoms with Crippen LogP contribution in [0.1, 0.15) is 26.2 Å². The number of hydrogen-bond donors (Lipinski definition) is 2. The first-order valence-electron chi connectivity index (χ1n) is 4.73. The van der Waals surface area contributed by atoms with Crippen molar-refractivity contribution in [2.75, 3.05) is 19.8 Å². The van der Waals surface area contributed by atoms with Crippen molar-refractivity contribution in [1.29, 1.82) is 0 Å². The fourth-order valence-corrected chi connectivity index (χ4v) is 1.84. The molecule has 0 bridgehead atoms. The van der Waals surface area contributed by atoms with Crippen LogP contribution in [0.5, 0.6) is 0 Å². The molecule has 2 N–H and O–H groups in total. The Kier molecular flexibility index (Phi) is 3.69. The summed E-state index contributed by atoms with van der Waals surface area (Å²) in [5.41, 5.74) is -0.223. The number of carboxylic acids is 1. The van der Waals surface area contributed by atoms with E-state index in [4.69, 9.17) is 9.84 Å². The molecule has 0 radical (unpaired) electrons. The second kappa shape index (κ2) is 4.58. The quantitative estimate of drug-likeness (QED) is 0.677. The molecule has 0 aliphatic carbocycles. The van der Waals surface area contributed by atoms with Crippen LogP contribution >= 0.6 is 0 Å². The number of carbonyl (C=O) groups is 1. The Morgan fingerprint density at radius 3 is 2.62 bits per heavy atom. The molecule has 1 fully saturated rings. The molecule has 0 unspecified atom stereocenters. The lowest BCUT2D eigenvalue weighted by atomic mass is 9.86. The Bertz CT molecular complexity index is 170. The normalized spacial score (nSPS) is 21.3. The second-order valence-electron chi connectivity index (χ2n) is 3.49. The standard InChI is InChI=1S/C9H17NO3/c1-2-10-9(7-8(11)12)3-5-13-6-4-9/h10H,2-7H2,1H3,(H,11,12). The zero-order valence-electron chi connectivity index (χ0n) is 8.01. The van der Waals surface area contributed by atoms with E-state index >= 15 is 0 Å². The molecule has 1 rings (SSSR count). The second-order valence-corrected chi connectivity index (χ2v) is 3.49. The third-order valence-corrected chi connectivity index (χ3v) is 2.49. The minimum atomic E-state index is -0.733. The molecule has 0 aromatic carbocycles. The van der Waals surface area contributed by atoms with Crippen molar-refractivity contribution < 1.29 is 14.6 Å². The molecule has 0 atom stereocenters. The summed E-state index contributed by atoms with van der Waals surface area (Å²) in [4.78, 5) is 10.7. The Labute approximate surface area is 78.3 Å². The van der Waals surface area contributed by atoms with E-state index < -0.39 is 5.97 Å². The number of nitrogens with one attached hydrogen (secondary N) is 1. The van der Waals surface area contributed by atoms with E-state index in [1.165, 1.54) is 0 Å². The van der Waals surface area contributed by atoms with E-state index in [1.54, 1.807) is 0 Å². The molecule has 0 spiro atoms. The summed E-state index contributed by atoms with van der Waals surface area (Å²) in [5, 5.41) is 12.0. The molecule has 0 amide bonds. The third-order valence-electron chi connectivity index (χ3n) is 2.49. The first-order chi connectivity index (χ1) is 6.18. The predicted molar refractivity (Wildman–Crippen MR) is 48.7 cm³/mol. The topological polar surface area (TPSA) is 58.6 Å². The van der Waals surface area contributed by atoms with Gasteiger partial charge in [0.2, 0.25) is 0 Å². The van der Waals surface area contributed by atoms with Crippen LogP contribution in [0.3, 0.4) is 0 Å². The van der Waals surface area contributed by atoms with E-state index in [1.807, 2.05) is 6.92 Å². The van der Waals surface area contributed by atoms with Gasteiger partial charge >= 0.3 is 5.97 Å². The number of ether oxygens (including phenoxy) is 1. The molecule has 0 aromatic rings. The maximum Gasteiger partial charge on any atom is 0.305 e. The van der Waals surface area contributed by atoms with Crippen LogP contribution in [0, 0.1) is 0 Å². The van der Waals surface area contributed by atoms with Crippen LogP contribution in [0.2, 0.25) is 0 Å². The third kappa shape index (κ3) is 2.97. The number of carboxylic acid groups (broad SMARTS) is 1. The van der Waals surface area contributed by atoms with Gasteiger partial charge in [0.1, 0.15) is 0 Å². The van der Waals surface area contributed by atoms with Gasteiger partial charge in [-0.05, 0) is 19.4 Å². The van der Waals surface area contributed by atoms with Crippen molar-refractivity contribution in [2.24, 2.45) is 0 Å². The van der Waals surface area contributed by atoms with Crippen molar-refractivity contribution in [1.82, 2.24) is 5.32 Å². The van der Waals surface area contributed by atoms with Crippen molar-refractivity contribution >= 4 is 5.97 Å². The molecule has 1 aliphatic heterocycles. The predicted octanol–water partition coefficient (Wildman–Crippen LogP) is 0.620. The van der Waals surface area contributed by atoms with Crippen molar-refractivity contribution in [2.45, 2.75) is 31.7 Å². The molecule has 1 saturated heterocycles. The Morgan fingerprint density at radius 1 is 1.54 bits per heavy atom. The highest BCUT2D eigenvalue weighted by Gasteiger charge is 2.33. The fraction of sp³-hybridized carbons (Fsp3) is 0.889. The van der Waals surface area contributed by atoms with Gasteiger partial charge in [-0.15, -0.1) is 0 Å². The maximum atomic E-state index is 10.7. The lowest BCUT2D eigenvalue weighted by Crippen LogP contribution is -2.50. The summed E-state index contributed by atoms with van der Waals surface area (Å²) in [6.45, 7) is 4.15. The molecular formula is C9H17NO3. The van der Waals surface area contributed by atoms with E-state index in [0.29, 0.717) is 13.2 Å². The van der Waals surface area contributed by atoms with Crippen molar-refractivity contribution in [3.63, 3.8) is 0 Å². The van der Waals surface area contributed by atoms with Gasteiger partial charge in [-0.25, -0.2) is 0 Å². The van der Waals surface area contributed by atoms with Gasteiger partial charge in [0, 0.05) is 18.8 Å². The number of rotatable bonds is 4. The van der Waals surface area contributed by atoms with Crippen LogP contribution < -0.4 is 5.32 Å². The summed E-state index contributed by atoms with van der Waals surface area (Å²) >= 11 is 0. The summed E-state index contributed by atoms with van der Waals surface area (Å²) in [5.74, 6) is -0.733. The van der Waals surface area contributed by atoms with E-state index in [-0.39, 0.29) is 12.0 Å². The van der Waals surface area contributed by atoms with E-state index in [2.05, 4.69) is 5.32 Å². The van der Waals surface area contributed by atoms with E-state index in [9.17, 15) is 4.79 Å². The molecule has 4 nitrogen and oxygen atoms in total. The zero-order valence-corrected chi connectivity index (χ0v) is 8.01. The monoisotopic (exact) mass is 187 g/mol.